The Labute approximate surface area is 400 Å². The zero-order chi connectivity index (χ0) is 46.8. The van der Waals surface area contributed by atoms with Crippen molar-refractivity contribution in [1.29, 1.82) is 0 Å². The molecule has 0 amide bonds. The molecule has 6 aromatic carbocycles. The molecule has 0 spiro atoms. The molecule has 0 atom stereocenters. The predicted octanol–water partition coefficient (Wildman–Crippen LogP) is 15.3. The van der Waals surface area contributed by atoms with Crippen LogP contribution in [0.2, 0.25) is 0 Å². The van der Waals surface area contributed by atoms with Crippen molar-refractivity contribution in [3.05, 3.63) is 147 Å². The van der Waals surface area contributed by atoms with E-state index in [0.29, 0.717) is 0 Å². The van der Waals surface area contributed by atoms with Crippen LogP contribution in [0.25, 0.3) is 21.2 Å². The molecule has 2 aliphatic heterocycles. The fraction of sp³-hybridized carbons (Fsp3) is 0.387. The average molecular weight is 885 g/mol. The summed E-state index contributed by atoms with van der Waals surface area (Å²) in [5.74, 6) is 0. The van der Waals surface area contributed by atoms with E-state index in [9.17, 15) is 0 Å². The van der Waals surface area contributed by atoms with E-state index >= 15 is 0 Å². The quantitative estimate of drug-likeness (QED) is 0.163. The molecular formula is C62H69BN2S. The van der Waals surface area contributed by atoms with Crippen LogP contribution >= 0.6 is 11.3 Å². The van der Waals surface area contributed by atoms with Gasteiger partial charge >= 0.3 is 0 Å². The lowest BCUT2D eigenvalue weighted by Crippen LogP contribution is -2.60. The zero-order valence-electron chi connectivity index (χ0n) is 42.4. The second-order valence-corrected chi connectivity index (χ2v) is 26.5. The molecule has 66 heavy (non-hydrogen) atoms. The molecule has 7 aromatic rings. The molecular weight excluding hydrogens is 816 g/mol. The summed E-state index contributed by atoms with van der Waals surface area (Å²) in [5, 5.41) is 1.36. The van der Waals surface area contributed by atoms with Gasteiger partial charge in [0.15, 0.2) is 0 Å². The van der Waals surface area contributed by atoms with Gasteiger partial charge in [-0.05, 0) is 179 Å². The van der Waals surface area contributed by atoms with Crippen molar-refractivity contribution in [2.24, 2.45) is 0 Å². The molecule has 336 valence electrons. The zero-order valence-corrected chi connectivity index (χ0v) is 43.3. The summed E-state index contributed by atoms with van der Waals surface area (Å²) >= 11 is 2.02. The molecule has 0 unspecified atom stereocenters. The summed E-state index contributed by atoms with van der Waals surface area (Å²) in [5.41, 5.74) is 26.6. The highest BCUT2D eigenvalue weighted by molar-refractivity contribution is 7.33. The number of anilines is 6. The summed E-state index contributed by atoms with van der Waals surface area (Å²) < 4.78 is 2.80. The Hall–Kier alpha value is -5.06. The summed E-state index contributed by atoms with van der Waals surface area (Å²) in [6.07, 6.45) is 4.69. The van der Waals surface area contributed by atoms with Crippen LogP contribution in [-0.2, 0) is 52.8 Å². The molecule has 3 heterocycles. The number of rotatable bonds is 3. The maximum absolute atomic E-state index is 2.76. The Morgan fingerprint density at radius 1 is 0.439 bits per heavy atom. The van der Waals surface area contributed by atoms with E-state index < -0.39 is 0 Å². The summed E-state index contributed by atoms with van der Waals surface area (Å²) in [6.45, 7) is 35.5. The molecule has 11 rings (SSSR count). The monoisotopic (exact) mass is 885 g/mol. The fourth-order valence-electron chi connectivity index (χ4n) is 11.2. The number of aryl methyl sites for hydroxylation is 2. The molecule has 0 N–H and O–H groups in total. The van der Waals surface area contributed by atoms with Gasteiger partial charge in [0.1, 0.15) is 0 Å². The summed E-state index contributed by atoms with van der Waals surface area (Å²) in [7, 11) is 0. The van der Waals surface area contributed by atoms with Crippen LogP contribution in [0, 0.1) is 0 Å². The van der Waals surface area contributed by atoms with Gasteiger partial charge in [-0.3, -0.25) is 0 Å². The van der Waals surface area contributed by atoms with E-state index in [0.717, 1.165) is 12.8 Å². The Kier molecular flexibility index (Phi) is 9.39. The number of nitrogens with zero attached hydrogens (tertiary/aromatic N) is 2. The Bertz CT molecular complexity index is 3100. The molecule has 2 nitrogen and oxygen atoms in total. The predicted molar refractivity (Wildman–Crippen MR) is 290 cm³/mol. The highest BCUT2D eigenvalue weighted by Gasteiger charge is 2.47. The van der Waals surface area contributed by atoms with Gasteiger partial charge in [-0.2, -0.15) is 0 Å². The Morgan fingerprint density at radius 2 is 0.955 bits per heavy atom. The maximum Gasteiger partial charge on any atom is 0.264 e. The molecule has 1 aromatic heterocycles. The lowest BCUT2D eigenvalue weighted by molar-refractivity contribution is 0.568. The molecule has 4 aliphatic rings. The standard InChI is InChI=1S/C62H69BN2S/c1-58(2,3)39-18-22-44(23-19-39)64-50-26-20-41(60(7,8)9)35-49(50)63-55-51(64)29-38(54-46-24-16-36(46)28-37-17-25-47(37)54)30-52(55)65(45-32-42(61(10,11)12)31-43(33-45)62(13,14)15)56-48-34-40(59(4,5)6)21-27-53(48)66-57(56)63/h18-23,26-35H,16-17,24-25H2,1-15H3. The number of hydrogen-bond donors (Lipinski definition) is 0. The molecule has 0 bridgehead atoms. The first-order valence-electron chi connectivity index (χ1n) is 24.8. The van der Waals surface area contributed by atoms with E-state index in [2.05, 4.69) is 211 Å². The second-order valence-electron chi connectivity index (χ2n) is 25.4. The van der Waals surface area contributed by atoms with E-state index in [1.54, 1.807) is 22.3 Å². The summed E-state index contributed by atoms with van der Waals surface area (Å²) in [6, 6.07) is 39.7. The normalized spacial score (nSPS) is 15.5. The first-order valence-corrected chi connectivity index (χ1v) is 25.6. The topological polar surface area (TPSA) is 6.48 Å². The van der Waals surface area contributed by atoms with Crippen LogP contribution in [0.3, 0.4) is 0 Å². The summed E-state index contributed by atoms with van der Waals surface area (Å²) in [4.78, 5) is 5.40. The van der Waals surface area contributed by atoms with Crippen LogP contribution in [0.4, 0.5) is 34.1 Å². The first-order chi connectivity index (χ1) is 30.9. The van der Waals surface area contributed by atoms with Crippen molar-refractivity contribution >= 4 is 78.0 Å². The minimum absolute atomic E-state index is 0.00540. The average Bonchev–Trinajstić information content (AvgIpc) is 3.58. The number of thiophene rings is 1. The van der Waals surface area contributed by atoms with Gasteiger partial charge in [0.05, 0.1) is 5.69 Å². The molecule has 0 saturated carbocycles. The molecule has 0 fully saturated rings. The lowest BCUT2D eigenvalue weighted by Gasteiger charge is -2.44. The minimum Gasteiger partial charge on any atom is -0.311 e. The maximum atomic E-state index is 2.76. The van der Waals surface area contributed by atoms with Crippen LogP contribution in [0.1, 0.15) is 154 Å². The van der Waals surface area contributed by atoms with Gasteiger partial charge < -0.3 is 9.80 Å². The van der Waals surface area contributed by atoms with Gasteiger partial charge in [0.25, 0.3) is 6.71 Å². The SMILES string of the molecule is CC(C)(C)c1ccc(N2c3ccc(C(C)(C)C)cc3B3c4sc5ccc(C(C)(C)C)cc5c4N(c4cc(C(C)(C)C)cc(C(C)(C)C)c4)c4cc(-c5c6c(cc7c5CC7)CC6)cc2c43)cc1. The van der Waals surface area contributed by atoms with Crippen molar-refractivity contribution in [3.8, 4) is 11.1 Å². The molecule has 4 heteroatoms. The molecule has 0 saturated heterocycles. The smallest absolute Gasteiger partial charge is 0.264 e. The van der Waals surface area contributed by atoms with E-state index in [4.69, 9.17) is 0 Å². The van der Waals surface area contributed by atoms with E-state index in [1.807, 2.05) is 11.3 Å². The largest absolute Gasteiger partial charge is 0.311 e. The first kappa shape index (κ1) is 43.5. The van der Waals surface area contributed by atoms with Crippen molar-refractivity contribution in [3.63, 3.8) is 0 Å². The van der Waals surface area contributed by atoms with Crippen molar-refractivity contribution in [2.45, 2.75) is 157 Å². The van der Waals surface area contributed by atoms with Gasteiger partial charge in [0, 0.05) is 43.3 Å². The van der Waals surface area contributed by atoms with Gasteiger partial charge in [-0.15, -0.1) is 11.3 Å². The minimum atomic E-state index is -0.0402. The van der Waals surface area contributed by atoms with Crippen molar-refractivity contribution in [1.82, 2.24) is 0 Å². The highest BCUT2D eigenvalue weighted by Crippen LogP contribution is 2.53. The lowest BCUT2D eigenvalue weighted by atomic mass is 9.36. The van der Waals surface area contributed by atoms with Gasteiger partial charge in [-0.1, -0.05) is 146 Å². The third-order valence-corrected chi connectivity index (χ3v) is 16.8. The van der Waals surface area contributed by atoms with Gasteiger partial charge in [-0.25, -0.2) is 0 Å². The number of fused-ring (bicyclic) bond motifs is 8. The highest BCUT2D eigenvalue weighted by atomic mass is 32.1. The van der Waals surface area contributed by atoms with Crippen LogP contribution in [-0.4, -0.2) is 6.71 Å². The molecule has 2 aliphatic carbocycles. The fourth-order valence-corrected chi connectivity index (χ4v) is 12.5. The van der Waals surface area contributed by atoms with Gasteiger partial charge in [0.2, 0.25) is 0 Å². The van der Waals surface area contributed by atoms with Crippen LogP contribution in [0.5, 0.6) is 0 Å². The van der Waals surface area contributed by atoms with Crippen LogP contribution < -0.4 is 25.5 Å². The third kappa shape index (κ3) is 6.77. The number of hydrogen-bond acceptors (Lipinski definition) is 3. The third-order valence-electron chi connectivity index (χ3n) is 15.6. The molecule has 0 radical (unpaired) electrons. The number of benzene rings is 6. The van der Waals surface area contributed by atoms with Crippen molar-refractivity contribution < 1.29 is 0 Å². The Morgan fingerprint density at radius 3 is 1.48 bits per heavy atom. The Balaban J connectivity index is 1.31. The van der Waals surface area contributed by atoms with Crippen molar-refractivity contribution in [2.75, 3.05) is 9.80 Å². The second kappa shape index (κ2) is 14.2. The van der Waals surface area contributed by atoms with Crippen LogP contribution in [0.15, 0.2) is 97.1 Å². The van der Waals surface area contributed by atoms with E-state index in [1.165, 1.54) is 112 Å². The van der Waals surface area contributed by atoms with E-state index in [-0.39, 0.29) is 33.8 Å².